The standard InChI is InChI=1S/C14H16BrNO2S/c1-10(17)19-9-13-3-2-8-16(13)14(18)11-4-6-12(15)7-5-11/h4-7,13H,2-3,8-9H2,1H3. The van der Waals surface area contributed by atoms with Gasteiger partial charge in [-0.3, -0.25) is 9.59 Å². The van der Waals surface area contributed by atoms with Crippen LogP contribution in [0.15, 0.2) is 28.7 Å². The Morgan fingerprint density at radius 3 is 2.68 bits per heavy atom. The van der Waals surface area contributed by atoms with Crippen LogP contribution in [0, 0.1) is 0 Å². The lowest BCUT2D eigenvalue weighted by Crippen LogP contribution is -2.37. The normalized spacial score (nSPS) is 18.6. The van der Waals surface area contributed by atoms with Crippen LogP contribution in [0.25, 0.3) is 0 Å². The molecule has 19 heavy (non-hydrogen) atoms. The van der Waals surface area contributed by atoms with Gasteiger partial charge in [-0.05, 0) is 37.1 Å². The van der Waals surface area contributed by atoms with Crippen molar-refractivity contribution in [1.29, 1.82) is 0 Å². The van der Waals surface area contributed by atoms with Crippen LogP contribution in [-0.4, -0.2) is 34.3 Å². The van der Waals surface area contributed by atoms with Crippen molar-refractivity contribution >= 4 is 38.7 Å². The molecule has 1 fully saturated rings. The zero-order chi connectivity index (χ0) is 13.8. The molecule has 2 rings (SSSR count). The number of carbonyl (C=O) groups is 2. The topological polar surface area (TPSA) is 37.4 Å². The third-order valence-electron chi connectivity index (χ3n) is 3.21. The molecule has 5 heteroatoms. The summed E-state index contributed by atoms with van der Waals surface area (Å²) in [5, 5.41) is 0.114. The quantitative estimate of drug-likeness (QED) is 0.846. The molecule has 0 bridgehead atoms. The number of rotatable bonds is 3. The molecule has 0 aromatic heterocycles. The van der Waals surface area contributed by atoms with Crippen molar-refractivity contribution in [3.05, 3.63) is 34.3 Å². The maximum Gasteiger partial charge on any atom is 0.254 e. The van der Waals surface area contributed by atoms with Gasteiger partial charge in [-0.25, -0.2) is 0 Å². The van der Waals surface area contributed by atoms with Crippen LogP contribution >= 0.6 is 27.7 Å². The highest BCUT2D eigenvalue weighted by Gasteiger charge is 2.29. The van der Waals surface area contributed by atoms with Crippen molar-refractivity contribution < 1.29 is 9.59 Å². The third kappa shape index (κ3) is 3.83. The summed E-state index contributed by atoms with van der Waals surface area (Å²) < 4.78 is 0.967. The first-order valence-electron chi connectivity index (χ1n) is 6.28. The van der Waals surface area contributed by atoms with Gasteiger partial charge in [0.05, 0.1) is 0 Å². The molecule has 1 aliphatic heterocycles. The molecule has 0 saturated carbocycles. The number of carbonyl (C=O) groups excluding carboxylic acids is 2. The van der Waals surface area contributed by atoms with Gasteiger partial charge in [-0.1, -0.05) is 27.7 Å². The Labute approximate surface area is 125 Å². The van der Waals surface area contributed by atoms with Crippen LogP contribution in [0.1, 0.15) is 30.1 Å². The predicted octanol–water partition coefficient (Wildman–Crippen LogP) is 3.33. The number of likely N-dealkylation sites (tertiary alicyclic amines) is 1. The minimum absolute atomic E-state index is 0.0687. The van der Waals surface area contributed by atoms with Gasteiger partial charge in [-0.15, -0.1) is 0 Å². The van der Waals surface area contributed by atoms with Crippen molar-refractivity contribution in [2.45, 2.75) is 25.8 Å². The molecule has 3 nitrogen and oxygen atoms in total. The van der Waals surface area contributed by atoms with Crippen molar-refractivity contribution in [2.24, 2.45) is 0 Å². The fourth-order valence-electron chi connectivity index (χ4n) is 2.25. The molecule has 1 saturated heterocycles. The van der Waals surface area contributed by atoms with Gasteiger partial charge in [0, 0.05) is 35.3 Å². The lowest BCUT2D eigenvalue weighted by atomic mass is 10.2. The second-order valence-electron chi connectivity index (χ2n) is 4.60. The van der Waals surface area contributed by atoms with Crippen LogP contribution < -0.4 is 0 Å². The average molecular weight is 342 g/mol. The molecule has 102 valence electrons. The first-order valence-corrected chi connectivity index (χ1v) is 8.05. The molecule has 1 heterocycles. The summed E-state index contributed by atoms with van der Waals surface area (Å²) in [5.41, 5.74) is 0.711. The molecule has 0 radical (unpaired) electrons. The molecule has 1 aromatic carbocycles. The lowest BCUT2D eigenvalue weighted by Gasteiger charge is -2.24. The number of halogens is 1. The van der Waals surface area contributed by atoms with E-state index in [0.29, 0.717) is 11.3 Å². The van der Waals surface area contributed by atoms with E-state index in [1.165, 1.54) is 11.8 Å². The highest BCUT2D eigenvalue weighted by Crippen LogP contribution is 2.24. The van der Waals surface area contributed by atoms with Gasteiger partial charge in [0.25, 0.3) is 5.91 Å². The van der Waals surface area contributed by atoms with Gasteiger partial charge in [0.2, 0.25) is 0 Å². The van der Waals surface area contributed by atoms with E-state index in [1.54, 1.807) is 6.92 Å². The Kier molecular flexibility index (Phi) is 5.05. The van der Waals surface area contributed by atoms with Gasteiger partial charge in [0.15, 0.2) is 5.12 Å². The lowest BCUT2D eigenvalue weighted by molar-refractivity contribution is -0.109. The molecule has 1 aliphatic rings. The summed E-state index contributed by atoms with van der Waals surface area (Å²) in [4.78, 5) is 25.4. The fraction of sp³-hybridized carbons (Fsp3) is 0.429. The van der Waals surface area contributed by atoms with Crippen LogP contribution in [-0.2, 0) is 4.79 Å². The van der Waals surface area contributed by atoms with Crippen LogP contribution in [0.2, 0.25) is 0 Å². The van der Waals surface area contributed by atoms with E-state index in [2.05, 4.69) is 15.9 Å². The third-order valence-corrected chi connectivity index (χ3v) is 4.69. The summed E-state index contributed by atoms with van der Waals surface area (Å²) >= 11 is 4.67. The Hall–Kier alpha value is -0.810. The predicted molar refractivity (Wildman–Crippen MR) is 81.3 cm³/mol. The molecule has 0 spiro atoms. The van der Waals surface area contributed by atoms with E-state index in [9.17, 15) is 9.59 Å². The molecule has 0 N–H and O–H groups in total. The number of nitrogens with zero attached hydrogens (tertiary/aromatic N) is 1. The van der Waals surface area contributed by atoms with E-state index >= 15 is 0 Å². The highest BCUT2D eigenvalue weighted by molar-refractivity contribution is 9.10. The molecule has 1 atom stereocenters. The van der Waals surface area contributed by atoms with Crippen LogP contribution in [0.5, 0.6) is 0 Å². The van der Waals surface area contributed by atoms with Gasteiger partial charge >= 0.3 is 0 Å². The summed E-state index contributed by atoms with van der Waals surface area (Å²) in [6.45, 7) is 2.36. The van der Waals surface area contributed by atoms with E-state index in [4.69, 9.17) is 0 Å². The van der Waals surface area contributed by atoms with Gasteiger partial charge in [-0.2, -0.15) is 0 Å². The average Bonchev–Trinajstić information content (AvgIpc) is 2.84. The van der Waals surface area contributed by atoms with Gasteiger partial charge in [0.1, 0.15) is 0 Å². The number of hydrogen-bond donors (Lipinski definition) is 0. The van der Waals surface area contributed by atoms with Crippen molar-refractivity contribution in [1.82, 2.24) is 4.90 Å². The fourth-order valence-corrected chi connectivity index (χ4v) is 3.29. The van der Waals surface area contributed by atoms with E-state index < -0.39 is 0 Å². The molecule has 1 unspecified atom stereocenters. The Morgan fingerprint density at radius 1 is 1.37 bits per heavy atom. The molecule has 1 amide bonds. The Bertz CT molecular complexity index is 475. The maximum atomic E-state index is 12.4. The highest BCUT2D eigenvalue weighted by atomic mass is 79.9. The minimum Gasteiger partial charge on any atom is -0.335 e. The Morgan fingerprint density at radius 2 is 2.05 bits per heavy atom. The second kappa shape index (κ2) is 6.57. The Balaban J connectivity index is 2.04. The SMILES string of the molecule is CC(=O)SCC1CCCN1C(=O)c1ccc(Br)cc1. The van der Waals surface area contributed by atoms with Crippen molar-refractivity contribution in [2.75, 3.05) is 12.3 Å². The maximum absolute atomic E-state index is 12.4. The monoisotopic (exact) mass is 341 g/mol. The summed E-state index contributed by atoms with van der Waals surface area (Å²) in [6, 6.07) is 7.61. The van der Waals surface area contributed by atoms with Gasteiger partial charge < -0.3 is 4.90 Å². The summed E-state index contributed by atoms with van der Waals surface area (Å²) in [7, 11) is 0. The number of amides is 1. The molecular formula is C14H16BrNO2S. The van der Waals surface area contributed by atoms with E-state index in [-0.39, 0.29) is 17.1 Å². The van der Waals surface area contributed by atoms with Crippen molar-refractivity contribution in [3.8, 4) is 0 Å². The summed E-state index contributed by atoms with van der Waals surface area (Å²) in [6.07, 6.45) is 2.01. The number of benzene rings is 1. The zero-order valence-corrected chi connectivity index (χ0v) is 13.2. The molecule has 1 aromatic rings. The number of thioether (sulfide) groups is 1. The van der Waals surface area contributed by atoms with E-state index in [1.807, 2.05) is 29.2 Å². The van der Waals surface area contributed by atoms with Crippen molar-refractivity contribution in [3.63, 3.8) is 0 Å². The summed E-state index contributed by atoms with van der Waals surface area (Å²) in [5.74, 6) is 0.775. The smallest absolute Gasteiger partial charge is 0.254 e. The zero-order valence-electron chi connectivity index (χ0n) is 10.8. The second-order valence-corrected chi connectivity index (χ2v) is 6.72. The van der Waals surface area contributed by atoms with Crippen LogP contribution in [0.3, 0.4) is 0 Å². The number of hydrogen-bond acceptors (Lipinski definition) is 3. The first kappa shape index (κ1) is 14.6. The molecule has 0 aliphatic carbocycles. The van der Waals surface area contributed by atoms with E-state index in [0.717, 1.165) is 23.9 Å². The first-order chi connectivity index (χ1) is 9.08. The largest absolute Gasteiger partial charge is 0.335 e. The minimum atomic E-state index is 0.0687. The van der Waals surface area contributed by atoms with Crippen LogP contribution in [0.4, 0.5) is 0 Å². The molecular weight excluding hydrogens is 326 g/mol.